The molecule has 2 N–H and O–H groups in total. The summed E-state index contributed by atoms with van der Waals surface area (Å²) in [7, 11) is 0. The third kappa shape index (κ3) is 4.77. The molecule has 1 aliphatic heterocycles. The first-order chi connectivity index (χ1) is 12.5. The van der Waals surface area contributed by atoms with Gasteiger partial charge < -0.3 is 15.3 Å². The molecule has 0 aromatic carbocycles. The van der Waals surface area contributed by atoms with Crippen LogP contribution in [0.2, 0.25) is 0 Å². The summed E-state index contributed by atoms with van der Waals surface area (Å²) in [6.45, 7) is 0.563. The lowest BCUT2D eigenvalue weighted by molar-refractivity contribution is -0.150. The minimum absolute atomic E-state index is 0.00174. The van der Waals surface area contributed by atoms with E-state index in [-0.39, 0.29) is 23.8 Å². The van der Waals surface area contributed by atoms with Crippen molar-refractivity contribution in [3.63, 3.8) is 0 Å². The molecule has 6 heteroatoms. The van der Waals surface area contributed by atoms with Crippen molar-refractivity contribution in [3.8, 4) is 0 Å². The Morgan fingerprint density at radius 3 is 2.23 bits per heavy atom. The molecule has 3 fully saturated rings. The van der Waals surface area contributed by atoms with Gasteiger partial charge in [0.25, 0.3) is 0 Å². The summed E-state index contributed by atoms with van der Waals surface area (Å²) >= 11 is 0. The van der Waals surface area contributed by atoms with Crippen molar-refractivity contribution >= 4 is 17.8 Å². The van der Waals surface area contributed by atoms with Crippen LogP contribution in [-0.4, -0.2) is 46.4 Å². The molecule has 6 nitrogen and oxygen atoms in total. The minimum Gasteiger partial charge on any atom is -0.480 e. The van der Waals surface area contributed by atoms with Gasteiger partial charge >= 0.3 is 5.97 Å². The van der Waals surface area contributed by atoms with Crippen LogP contribution in [0.25, 0.3) is 0 Å². The Morgan fingerprint density at radius 1 is 0.885 bits per heavy atom. The lowest BCUT2D eigenvalue weighted by Gasteiger charge is -2.32. The summed E-state index contributed by atoms with van der Waals surface area (Å²) in [5.41, 5.74) is 0. The fourth-order valence-electron chi connectivity index (χ4n) is 4.95. The largest absolute Gasteiger partial charge is 0.480 e. The summed E-state index contributed by atoms with van der Waals surface area (Å²) in [5.74, 6) is -0.259. The highest BCUT2D eigenvalue weighted by atomic mass is 16.4. The Bertz CT molecular complexity index is 522. The van der Waals surface area contributed by atoms with E-state index in [1.165, 1.54) is 32.1 Å². The van der Waals surface area contributed by atoms with Gasteiger partial charge in [-0.05, 0) is 57.3 Å². The van der Waals surface area contributed by atoms with Crippen LogP contribution >= 0.6 is 0 Å². The molecule has 1 heterocycles. The van der Waals surface area contributed by atoms with Crippen LogP contribution < -0.4 is 5.32 Å². The number of carboxylic acid groups (broad SMARTS) is 1. The zero-order valence-electron chi connectivity index (χ0n) is 15.6. The van der Waals surface area contributed by atoms with Crippen molar-refractivity contribution in [1.82, 2.24) is 10.2 Å². The van der Waals surface area contributed by atoms with Gasteiger partial charge in [0.2, 0.25) is 11.8 Å². The van der Waals surface area contributed by atoms with E-state index in [1.807, 2.05) is 0 Å². The minimum atomic E-state index is -0.889. The molecule has 2 saturated carbocycles. The molecule has 26 heavy (non-hydrogen) atoms. The fraction of sp³-hybridized carbons (Fsp3) is 0.850. The van der Waals surface area contributed by atoms with E-state index in [0.717, 1.165) is 32.1 Å². The van der Waals surface area contributed by atoms with E-state index in [4.69, 9.17) is 0 Å². The smallest absolute Gasteiger partial charge is 0.326 e. The lowest BCUT2D eigenvalue weighted by atomic mass is 9.84. The number of hydrogen-bond acceptors (Lipinski definition) is 3. The first-order valence-electron chi connectivity index (χ1n) is 10.4. The van der Waals surface area contributed by atoms with E-state index in [0.29, 0.717) is 25.3 Å². The van der Waals surface area contributed by atoms with Gasteiger partial charge in [-0.15, -0.1) is 0 Å². The third-order valence-electron chi connectivity index (χ3n) is 6.46. The molecule has 3 aliphatic rings. The zero-order valence-corrected chi connectivity index (χ0v) is 15.6. The summed E-state index contributed by atoms with van der Waals surface area (Å²) < 4.78 is 0. The van der Waals surface area contributed by atoms with E-state index >= 15 is 0 Å². The highest BCUT2D eigenvalue weighted by Gasteiger charge is 2.38. The first-order valence-corrected chi connectivity index (χ1v) is 10.4. The van der Waals surface area contributed by atoms with E-state index in [2.05, 4.69) is 5.32 Å². The topological polar surface area (TPSA) is 86.7 Å². The van der Waals surface area contributed by atoms with Gasteiger partial charge in [0.1, 0.15) is 6.04 Å². The second-order valence-electron chi connectivity index (χ2n) is 8.35. The van der Waals surface area contributed by atoms with Crippen LogP contribution in [0.5, 0.6) is 0 Å². The number of carbonyl (C=O) groups is 3. The molecule has 1 saturated heterocycles. The fourth-order valence-corrected chi connectivity index (χ4v) is 4.95. The standard InChI is InChI=1S/C20H32N2O4/c23-18(13-14-5-2-1-3-6-14)21-16-10-8-15(9-11-16)19(24)22-12-4-7-17(22)20(25)26/h14-17H,1-13H2,(H,21,23)(H,25,26). The van der Waals surface area contributed by atoms with Crippen molar-refractivity contribution in [2.24, 2.45) is 11.8 Å². The summed E-state index contributed by atoms with van der Waals surface area (Å²) in [5, 5.41) is 12.4. The molecule has 0 aromatic heterocycles. The number of nitrogens with zero attached hydrogens (tertiary/aromatic N) is 1. The zero-order chi connectivity index (χ0) is 18.5. The average Bonchev–Trinajstić information content (AvgIpc) is 3.12. The highest BCUT2D eigenvalue weighted by molar-refractivity contribution is 5.85. The number of amides is 2. The maximum absolute atomic E-state index is 12.7. The number of rotatable bonds is 5. The Labute approximate surface area is 155 Å². The summed E-state index contributed by atoms with van der Waals surface area (Å²) in [6, 6.07) is -0.473. The predicted octanol–water partition coefficient (Wildman–Crippen LogP) is 2.71. The molecular formula is C20H32N2O4. The van der Waals surface area contributed by atoms with Crippen LogP contribution in [0.15, 0.2) is 0 Å². The van der Waals surface area contributed by atoms with E-state index in [9.17, 15) is 19.5 Å². The number of likely N-dealkylation sites (tertiary alicyclic amines) is 1. The Hall–Kier alpha value is -1.59. The maximum Gasteiger partial charge on any atom is 0.326 e. The maximum atomic E-state index is 12.7. The molecule has 2 amide bonds. The van der Waals surface area contributed by atoms with Gasteiger partial charge in [0.05, 0.1) is 0 Å². The van der Waals surface area contributed by atoms with Crippen molar-refractivity contribution in [3.05, 3.63) is 0 Å². The van der Waals surface area contributed by atoms with Gasteiger partial charge in [-0.25, -0.2) is 4.79 Å². The van der Waals surface area contributed by atoms with Crippen molar-refractivity contribution < 1.29 is 19.5 Å². The van der Waals surface area contributed by atoms with E-state index in [1.54, 1.807) is 4.90 Å². The highest BCUT2D eigenvalue weighted by Crippen LogP contribution is 2.30. The number of nitrogens with one attached hydrogen (secondary N) is 1. The first kappa shape index (κ1) is 19.2. The van der Waals surface area contributed by atoms with Gasteiger partial charge in [0.15, 0.2) is 0 Å². The molecule has 0 spiro atoms. The van der Waals surface area contributed by atoms with Crippen LogP contribution in [0, 0.1) is 11.8 Å². The third-order valence-corrected chi connectivity index (χ3v) is 6.46. The molecule has 146 valence electrons. The summed E-state index contributed by atoms with van der Waals surface area (Å²) in [6.07, 6.45) is 11.3. The monoisotopic (exact) mass is 364 g/mol. The van der Waals surface area contributed by atoms with Crippen LogP contribution in [0.4, 0.5) is 0 Å². The average molecular weight is 364 g/mol. The molecule has 1 unspecified atom stereocenters. The number of aliphatic carboxylic acids is 1. The quantitative estimate of drug-likeness (QED) is 0.785. The molecule has 3 rings (SSSR count). The van der Waals surface area contributed by atoms with Crippen LogP contribution in [0.3, 0.4) is 0 Å². The molecule has 0 bridgehead atoms. The SMILES string of the molecule is O=C(CC1CCCCC1)NC1CCC(C(=O)N2CCCC2C(=O)O)CC1. The van der Waals surface area contributed by atoms with Crippen molar-refractivity contribution in [2.45, 2.75) is 89.1 Å². The van der Waals surface area contributed by atoms with Gasteiger partial charge in [-0.1, -0.05) is 19.3 Å². The summed E-state index contributed by atoms with van der Waals surface area (Å²) in [4.78, 5) is 37.8. The second-order valence-corrected chi connectivity index (χ2v) is 8.35. The van der Waals surface area contributed by atoms with Crippen LogP contribution in [0.1, 0.15) is 77.0 Å². The van der Waals surface area contributed by atoms with Crippen molar-refractivity contribution in [2.75, 3.05) is 6.54 Å². The molecule has 2 aliphatic carbocycles. The molecule has 0 aromatic rings. The van der Waals surface area contributed by atoms with Gasteiger partial charge in [-0.2, -0.15) is 0 Å². The molecule has 0 radical (unpaired) electrons. The van der Waals surface area contributed by atoms with E-state index < -0.39 is 12.0 Å². The Kier molecular flexibility index (Phi) is 6.54. The Morgan fingerprint density at radius 2 is 1.58 bits per heavy atom. The predicted molar refractivity (Wildman–Crippen MR) is 97.5 cm³/mol. The van der Waals surface area contributed by atoms with Gasteiger partial charge in [0, 0.05) is 24.9 Å². The lowest BCUT2D eigenvalue weighted by Crippen LogP contribution is -2.46. The normalized spacial score (nSPS) is 30.2. The number of carboxylic acids is 1. The number of hydrogen-bond donors (Lipinski definition) is 2. The molecule has 1 atom stereocenters. The second kappa shape index (κ2) is 8.87. The van der Waals surface area contributed by atoms with Crippen LogP contribution in [-0.2, 0) is 14.4 Å². The number of carbonyl (C=O) groups excluding carboxylic acids is 2. The Balaban J connectivity index is 1.41. The van der Waals surface area contributed by atoms with Gasteiger partial charge in [-0.3, -0.25) is 9.59 Å². The van der Waals surface area contributed by atoms with Crippen molar-refractivity contribution in [1.29, 1.82) is 0 Å². The molecular weight excluding hydrogens is 332 g/mol.